The number of carbonyl (C=O) groups is 1. The standard InChI is InChI=1S/C24H22N4O2/c1-17-5-4-6-18(15-17)9-10-22(29)26-21-8-3-2-7-20(21)16-23-27-24(28-30-23)19-11-13-25-14-12-19/h2-8,11-15H,9-10,16H2,1H3,(H,26,29). The van der Waals surface area contributed by atoms with E-state index in [1.54, 1.807) is 12.4 Å². The normalized spacial score (nSPS) is 10.7. The number of amides is 1. The van der Waals surface area contributed by atoms with E-state index in [0.717, 1.165) is 22.4 Å². The number of rotatable bonds is 7. The lowest BCUT2D eigenvalue weighted by atomic mass is 10.1. The van der Waals surface area contributed by atoms with Gasteiger partial charge in [0.1, 0.15) is 0 Å². The lowest BCUT2D eigenvalue weighted by Crippen LogP contribution is -2.14. The van der Waals surface area contributed by atoms with Crippen LogP contribution in [0.4, 0.5) is 5.69 Å². The summed E-state index contributed by atoms with van der Waals surface area (Å²) < 4.78 is 5.41. The highest BCUT2D eigenvalue weighted by atomic mass is 16.5. The van der Waals surface area contributed by atoms with E-state index >= 15 is 0 Å². The molecule has 0 bridgehead atoms. The molecule has 2 aromatic heterocycles. The SMILES string of the molecule is Cc1cccc(CCC(=O)Nc2ccccc2Cc2nc(-c3ccncc3)no2)c1. The predicted octanol–water partition coefficient (Wildman–Crippen LogP) is 4.60. The first-order valence-electron chi connectivity index (χ1n) is 9.83. The van der Waals surface area contributed by atoms with Crippen LogP contribution in [-0.4, -0.2) is 21.0 Å². The Labute approximate surface area is 175 Å². The van der Waals surface area contributed by atoms with Gasteiger partial charge in [0.05, 0.1) is 6.42 Å². The van der Waals surface area contributed by atoms with Crippen molar-refractivity contribution in [3.05, 3.63) is 95.6 Å². The molecule has 4 rings (SSSR count). The molecule has 0 radical (unpaired) electrons. The number of carbonyl (C=O) groups excluding carboxylic acids is 1. The summed E-state index contributed by atoms with van der Waals surface area (Å²) in [6.45, 7) is 2.05. The number of nitrogens with zero attached hydrogens (tertiary/aromatic N) is 3. The number of nitrogens with one attached hydrogen (secondary N) is 1. The summed E-state index contributed by atoms with van der Waals surface area (Å²) in [6, 6.07) is 19.6. The summed E-state index contributed by atoms with van der Waals surface area (Å²) in [5.41, 5.74) is 4.89. The van der Waals surface area contributed by atoms with Crippen molar-refractivity contribution in [1.29, 1.82) is 0 Å². The molecule has 2 heterocycles. The number of hydrogen-bond acceptors (Lipinski definition) is 5. The van der Waals surface area contributed by atoms with Crippen molar-refractivity contribution in [2.24, 2.45) is 0 Å². The van der Waals surface area contributed by atoms with E-state index in [1.165, 1.54) is 5.56 Å². The van der Waals surface area contributed by atoms with Gasteiger partial charge in [-0.05, 0) is 42.7 Å². The summed E-state index contributed by atoms with van der Waals surface area (Å²) in [6.07, 6.45) is 4.94. The first-order valence-corrected chi connectivity index (χ1v) is 9.83. The van der Waals surface area contributed by atoms with Gasteiger partial charge in [-0.15, -0.1) is 0 Å². The fourth-order valence-corrected chi connectivity index (χ4v) is 3.24. The van der Waals surface area contributed by atoms with Crippen molar-refractivity contribution < 1.29 is 9.32 Å². The van der Waals surface area contributed by atoms with E-state index in [1.807, 2.05) is 48.5 Å². The summed E-state index contributed by atoms with van der Waals surface area (Å²) in [5, 5.41) is 7.06. The summed E-state index contributed by atoms with van der Waals surface area (Å²) in [7, 11) is 0. The van der Waals surface area contributed by atoms with Gasteiger partial charge in [0.2, 0.25) is 17.6 Å². The molecule has 0 aliphatic heterocycles. The highest BCUT2D eigenvalue weighted by Gasteiger charge is 2.13. The van der Waals surface area contributed by atoms with Gasteiger partial charge in [0, 0.05) is 30.1 Å². The molecule has 4 aromatic rings. The Hall–Kier alpha value is -3.80. The number of pyridine rings is 1. The first-order chi connectivity index (χ1) is 14.7. The molecule has 0 atom stereocenters. The molecule has 0 aliphatic carbocycles. The molecule has 0 aliphatic rings. The molecule has 0 unspecified atom stereocenters. The van der Waals surface area contributed by atoms with Crippen LogP contribution in [0.2, 0.25) is 0 Å². The van der Waals surface area contributed by atoms with Crippen LogP contribution in [0.15, 0.2) is 77.6 Å². The number of aryl methyl sites for hydroxylation is 2. The number of benzene rings is 2. The molecule has 150 valence electrons. The molecule has 0 saturated heterocycles. The third-order valence-electron chi connectivity index (χ3n) is 4.76. The monoisotopic (exact) mass is 398 g/mol. The van der Waals surface area contributed by atoms with Crippen LogP contribution in [-0.2, 0) is 17.6 Å². The fraction of sp³-hybridized carbons (Fsp3) is 0.167. The van der Waals surface area contributed by atoms with Crippen LogP contribution in [0.5, 0.6) is 0 Å². The van der Waals surface area contributed by atoms with E-state index in [4.69, 9.17) is 4.52 Å². The largest absolute Gasteiger partial charge is 0.339 e. The molecular weight excluding hydrogens is 376 g/mol. The van der Waals surface area contributed by atoms with Gasteiger partial charge < -0.3 is 9.84 Å². The number of aromatic nitrogens is 3. The molecule has 6 heteroatoms. The highest BCUT2D eigenvalue weighted by Crippen LogP contribution is 2.21. The number of anilines is 1. The van der Waals surface area contributed by atoms with Crippen molar-refractivity contribution in [3.8, 4) is 11.4 Å². The van der Waals surface area contributed by atoms with Crippen LogP contribution < -0.4 is 5.32 Å². The van der Waals surface area contributed by atoms with E-state index in [2.05, 4.69) is 39.5 Å². The van der Waals surface area contributed by atoms with Crippen molar-refractivity contribution in [1.82, 2.24) is 15.1 Å². The number of hydrogen-bond donors (Lipinski definition) is 1. The van der Waals surface area contributed by atoms with Gasteiger partial charge in [0.25, 0.3) is 0 Å². The maximum absolute atomic E-state index is 12.5. The minimum atomic E-state index is -0.0213. The molecule has 1 amide bonds. The van der Waals surface area contributed by atoms with Gasteiger partial charge in [-0.1, -0.05) is 53.2 Å². The zero-order chi connectivity index (χ0) is 20.8. The summed E-state index contributed by atoms with van der Waals surface area (Å²) >= 11 is 0. The van der Waals surface area contributed by atoms with Gasteiger partial charge in [0.15, 0.2) is 0 Å². The second kappa shape index (κ2) is 9.13. The van der Waals surface area contributed by atoms with Crippen LogP contribution in [0.25, 0.3) is 11.4 Å². The number of para-hydroxylation sites is 1. The van der Waals surface area contributed by atoms with Crippen molar-refractivity contribution >= 4 is 11.6 Å². The van der Waals surface area contributed by atoms with Crippen LogP contribution in [0.1, 0.15) is 29.0 Å². The van der Waals surface area contributed by atoms with Crippen LogP contribution >= 0.6 is 0 Å². The van der Waals surface area contributed by atoms with E-state index in [0.29, 0.717) is 31.0 Å². The smallest absolute Gasteiger partial charge is 0.231 e. The first kappa shape index (κ1) is 19.5. The average molecular weight is 398 g/mol. The van der Waals surface area contributed by atoms with Crippen molar-refractivity contribution in [2.75, 3.05) is 5.32 Å². The zero-order valence-electron chi connectivity index (χ0n) is 16.7. The van der Waals surface area contributed by atoms with Crippen LogP contribution in [0, 0.1) is 6.92 Å². The predicted molar refractivity (Wildman–Crippen MR) is 115 cm³/mol. The van der Waals surface area contributed by atoms with Gasteiger partial charge in [-0.25, -0.2) is 0 Å². The summed E-state index contributed by atoms with van der Waals surface area (Å²) in [4.78, 5) is 21.0. The third-order valence-corrected chi connectivity index (χ3v) is 4.76. The Balaban J connectivity index is 1.41. The Kier molecular flexibility index (Phi) is 5.94. The molecule has 0 saturated carbocycles. The van der Waals surface area contributed by atoms with E-state index in [9.17, 15) is 4.79 Å². The minimum absolute atomic E-state index is 0.0213. The van der Waals surface area contributed by atoms with Gasteiger partial charge in [-0.3, -0.25) is 9.78 Å². The molecule has 0 fully saturated rings. The van der Waals surface area contributed by atoms with Gasteiger partial charge >= 0.3 is 0 Å². The Bertz CT molecular complexity index is 1140. The fourth-order valence-electron chi connectivity index (χ4n) is 3.24. The lowest BCUT2D eigenvalue weighted by molar-refractivity contribution is -0.116. The van der Waals surface area contributed by atoms with E-state index in [-0.39, 0.29) is 5.91 Å². The second-order valence-electron chi connectivity index (χ2n) is 7.12. The maximum atomic E-state index is 12.5. The Morgan fingerprint density at radius 1 is 1.03 bits per heavy atom. The second-order valence-corrected chi connectivity index (χ2v) is 7.12. The Morgan fingerprint density at radius 2 is 1.87 bits per heavy atom. The third kappa shape index (κ3) is 4.97. The Morgan fingerprint density at radius 3 is 2.70 bits per heavy atom. The minimum Gasteiger partial charge on any atom is -0.339 e. The van der Waals surface area contributed by atoms with Crippen molar-refractivity contribution in [3.63, 3.8) is 0 Å². The zero-order valence-corrected chi connectivity index (χ0v) is 16.7. The lowest BCUT2D eigenvalue weighted by Gasteiger charge is -2.10. The highest BCUT2D eigenvalue weighted by molar-refractivity contribution is 5.91. The molecular formula is C24H22N4O2. The maximum Gasteiger partial charge on any atom is 0.231 e. The molecule has 0 spiro atoms. The van der Waals surface area contributed by atoms with Crippen LogP contribution in [0.3, 0.4) is 0 Å². The average Bonchev–Trinajstić information content (AvgIpc) is 3.23. The molecule has 30 heavy (non-hydrogen) atoms. The topological polar surface area (TPSA) is 80.9 Å². The summed E-state index contributed by atoms with van der Waals surface area (Å²) in [5.74, 6) is 0.988. The molecule has 6 nitrogen and oxygen atoms in total. The van der Waals surface area contributed by atoms with E-state index < -0.39 is 0 Å². The van der Waals surface area contributed by atoms with Crippen molar-refractivity contribution in [2.45, 2.75) is 26.2 Å². The van der Waals surface area contributed by atoms with Gasteiger partial charge in [-0.2, -0.15) is 4.98 Å². The molecule has 2 aromatic carbocycles. The molecule has 1 N–H and O–H groups in total. The quantitative estimate of drug-likeness (QED) is 0.492.